The number of likely N-dealkylation sites (tertiary alicyclic amines) is 1. The maximum Gasteiger partial charge on any atom is 0.320 e. The van der Waals surface area contributed by atoms with Gasteiger partial charge in [0.15, 0.2) is 0 Å². The molecule has 3 nitrogen and oxygen atoms in total. The molecule has 1 rings (SSSR count). The van der Waals surface area contributed by atoms with E-state index in [1.54, 1.807) is 0 Å². The van der Waals surface area contributed by atoms with Gasteiger partial charge < -0.3 is 5.11 Å². The van der Waals surface area contributed by atoms with Crippen molar-refractivity contribution >= 4 is 5.97 Å². The highest BCUT2D eigenvalue weighted by atomic mass is 16.4. The second-order valence-electron chi connectivity index (χ2n) is 7.97. The predicted molar refractivity (Wildman–Crippen MR) is 112 cm³/mol. The molecular formula is C23H43NO2. The summed E-state index contributed by atoms with van der Waals surface area (Å²) in [4.78, 5) is 13.3. The van der Waals surface area contributed by atoms with E-state index in [9.17, 15) is 9.90 Å². The van der Waals surface area contributed by atoms with E-state index in [-0.39, 0.29) is 6.04 Å². The van der Waals surface area contributed by atoms with E-state index in [2.05, 4.69) is 24.0 Å². The number of carboxylic acids is 1. The summed E-state index contributed by atoms with van der Waals surface area (Å²) in [6.07, 6.45) is 25.2. The first-order valence-electron chi connectivity index (χ1n) is 11.4. The van der Waals surface area contributed by atoms with Crippen LogP contribution in [-0.4, -0.2) is 35.1 Å². The zero-order valence-corrected chi connectivity index (χ0v) is 17.3. The van der Waals surface area contributed by atoms with Gasteiger partial charge in [-0.25, -0.2) is 0 Å². The molecule has 0 spiro atoms. The lowest BCUT2D eigenvalue weighted by atomic mass is 10.1. The minimum Gasteiger partial charge on any atom is -0.480 e. The normalized spacial score (nSPS) is 18.1. The first kappa shape index (κ1) is 23.2. The number of unbranched alkanes of at least 4 members (excludes halogenated alkanes) is 12. The lowest BCUT2D eigenvalue weighted by Gasteiger charge is -2.20. The van der Waals surface area contributed by atoms with Crippen molar-refractivity contribution in [3.8, 4) is 0 Å². The number of rotatable bonds is 17. The van der Waals surface area contributed by atoms with E-state index >= 15 is 0 Å². The molecule has 1 aliphatic heterocycles. The standard InChI is InChI=1S/C23H43NO2/c1-2-3-4-5-6-7-8-9-10-11-12-13-14-15-16-17-20-24-21-18-19-22(24)23(25)26/h9-10,22H,2-8,11-21H2,1H3,(H,25,26)/t22-/m0/s1. The molecular weight excluding hydrogens is 322 g/mol. The molecule has 152 valence electrons. The van der Waals surface area contributed by atoms with Crippen LogP contribution in [0.5, 0.6) is 0 Å². The molecule has 0 bridgehead atoms. The summed E-state index contributed by atoms with van der Waals surface area (Å²) in [5, 5.41) is 9.17. The minimum atomic E-state index is -0.632. The highest BCUT2D eigenvalue weighted by molar-refractivity contribution is 5.73. The predicted octanol–water partition coefficient (Wildman–Crippen LogP) is 6.57. The monoisotopic (exact) mass is 365 g/mol. The quantitative estimate of drug-likeness (QED) is 0.234. The van der Waals surface area contributed by atoms with Gasteiger partial charge in [-0.15, -0.1) is 0 Å². The van der Waals surface area contributed by atoms with Gasteiger partial charge in [-0.05, 0) is 58.0 Å². The average Bonchev–Trinajstić information content (AvgIpc) is 3.10. The number of allylic oxidation sites excluding steroid dienone is 2. The van der Waals surface area contributed by atoms with Crippen molar-refractivity contribution in [2.45, 2.75) is 116 Å². The number of carboxylic acid groups (broad SMARTS) is 1. The average molecular weight is 366 g/mol. The van der Waals surface area contributed by atoms with E-state index in [0.29, 0.717) is 0 Å². The highest BCUT2D eigenvalue weighted by Crippen LogP contribution is 2.18. The molecule has 0 radical (unpaired) electrons. The third kappa shape index (κ3) is 11.7. The highest BCUT2D eigenvalue weighted by Gasteiger charge is 2.29. The Morgan fingerprint density at radius 3 is 2.00 bits per heavy atom. The fraction of sp³-hybridized carbons (Fsp3) is 0.870. The van der Waals surface area contributed by atoms with Crippen molar-refractivity contribution in [3.05, 3.63) is 12.2 Å². The Bertz CT molecular complexity index is 367. The Morgan fingerprint density at radius 1 is 0.885 bits per heavy atom. The third-order valence-corrected chi connectivity index (χ3v) is 5.61. The summed E-state index contributed by atoms with van der Waals surface area (Å²) in [5.41, 5.74) is 0. The Morgan fingerprint density at radius 2 is 1.42 bits per heavy atom. The Balaban J connectivity index is 1.81. The first-order chi connectivity index (χ1) is 12.8. The molecule has 1 fully saturated rings. The van der Waals surface area contributed by atoms with Crippen molar-refractivity contribution in [3.63, 3.8) is 0 Å². The van der Waals surface area contributed by atoms with Crippen LogP contribution in [0.25, 0.3) is 0 Å². The second-order valence-corrected chi connectivity index (χ2v) is 7.97. The van der Waals surface area contributed by atoms with Gasteiger partial charge in [-0.2, -0.15) is 0 Å². The maximum atomic E-state index is 11.1. The third-order valence-electron chi connectivity index (χ3n) is 5.61. The lowest BCUT2D eigenvalue weighted by Crippen LogP contribution is -2.36. The van der Waals surface area contributed by atoms with Crippen molar-refractivity contribution < 1.29 is 9.90 Å². The summed E-state index contributed by atoms with van der Waals surface area (Å²) in [5.74, 6) is -0.632. The van der Waals surface area contributed by atoms with Gasteiger partial charge in [0, 0.05) is 0 Å². The Hall–Kier alpha value is -0.830. The second kappa shape index (κ2) is 16.4. The van der Waals surface area contributed by atoms with Gasteiger partial charge >= 0.3 is 5.97 Å². The van der Waals surface area contributed by atoms with Crippen LogP contribution < -0.4 is 0 Å². The fourth-order valence-electron chi connectivity index (χ4n) is 3.94. The smallest absolute Gasteiger partial charge is 0.320 e. The molecule has 0 aromatic carbocycles. The van der Waals surface area contributed by atoms with Crippen molar-refractivity contribution in [1.29, 1.82) is 0 Å². The number of aliphatic carboxylic acids is 1. The van der Waals surface area contributed by atoms with Gasteiger partial charge in [0.05, 0.1) is 0 Å². The van der Waals surface area contributed by atoms with Crippen LogP contribution in [0.15, 0.2) is 12.2 Å². The SMILES string of the molecule is CCCCCCCCC=CCCCCCCCCN1CCC[C@H]1C(=O)O. The zero-order chi connectivity index (χ0) is 18.9. The van der Waals surface area contributed by atoms with Crippen molar-refractivity contribution in [1.82, 2.24) is 4.90 Å². The van der Waals surface area contributed by atoms with Crippen LogP contribution in [0, 0.1) is 0 Å². The van der Waals surface area contributed by atoms with E-state index < -0.39 is 5.97 Å². The summed E-state index contributed by atoms with van der Waals surface area (Å²) >= 11 is 0. The number of hydrogen-bond acceptors (Lipinski definition) is 2. The van der Waals surface area contributed by atoms with E-state index in [1.165, 1.54) is 83.5 Å². The van der Waals surface area contributed by atoms with Gasteiger partial charge in [-0.1, -0.05) is 76.9 Å². The molecule has 0 unspecified atom stereocenters. The Kier molecular flexibility index (Phi) is 14.6. The molecule has 1 heterocycles. The van der Waals surface area contributed by atoms with Crippen LogP contribution in [-0.2, 0) is 4.79 Å². The van der Waals surface area contributed by atoms with Crippen LogP contribution in [0.3, 0.4) is 0 Å². The first-order valence-corrected chi connectivity index (χ1v) is 11.4. The van der Waals surface area contributed by atoms with E-state index in [4.69, 9.17) is 0 Å². The summed E-state index contributed by atoms with van der Waals surface area (Å²) in [6, 6.07) is -0.210. The topological polar surface area (TPSA) is 40.5 Å². The molecule has 0 saturated carbocycles. The van der Waals surface area contributed by atoms with E-state index in [1.807, 2.05) is 0 Å². The lowest BCUT2D eigenvalue weighted by molar-refractivity contribution is -0.142. The number of carbonyl (C=O) groups is 1. The number of nitrogens with zero attached hydrogens (tertiary/aromatic N) is 1. The molecule has 1 atom stereocenters. The van der Waals surface area contributed by atoms with Crippen molar-refractivity contribution in [2.75, 3.05) is 13.1 Å². The molecule has 1 aliphatic rings. The molecule has 0 amide bonds. The molecule has 3 heteroatoms. The summed E-state index contributed by atoms with van der Waals surface area (Å²) < 4.78 is 0. The van der Waals surface area contributed by atoms with Gasteiger partial charge in [0.2, 0.25) is 0 Å². The van der Waals surface area contributed by atoms with Gasteiger partial charge in [0.1, 0.15) is 6.04 Å². The molecule has 0 aliphatic carbocycles. The molecule has 1 saturated heterocycles. The van der Waals surface area contributed by atoms with Crippen LogP contribution >= 0.6 is 0 Å². The maximum absolute atomic E-state index is 11.1. The summed E-state index contributed by atoms with van der Waals surface area (Å²) in [6.45, 7) is 4.22. The molecule has 0 aromatic rings. The van der Waals surface area contributed by atoms with Crippen molar-refractivity contribution in [2.24, 2.45) is 0 Å². The molecule has 1 N–H and O–H groups in total. The Labute approximate surface area is 162 Å². The van der Waals surface area contributed by atoms with Gasteiger partial charge in [0.25, 0.3) is 0 Å². The summed E-state index contributed by atoms with van der Waals surface area (Å²) in [7, 11) is 0. The minimum absolute atomic E-state index is 0.210. The zero-order valence-electron chi connectivity index (χ0n) is 17.3. The number of hydrogen-bond donors (Lipinski definition) is 1. The van der Waals surface area contributed by atoms with E-state index in [0.717, 1.165) is 32.4 Å². The largest absolute Gasteiger partial charge is 0.480 e. The fourth-order valence-corrected chi connectivity index (χ4v) is 3.94. The molecule has 0 aromatic heterocycles. The van der Waals surface area contributed by atoms with Crippen LogP contribution in [0.4, 0.5) is 0 Å². The van der Waals surface area contributed by atoms with Crippen LogP contribution in [0.2, 0.25) is 0 Å². The van der Waals surface area contributed by atoms with Crippen LogP contribution in [0.1, 0.15) is 110 Å². The molecule has 26 heavy (non-hydrogen) atoms. The van der Waals surface area contributed by atoms with Gasteiger partial charge in [-0.3, -0.25) is 9.69 Å².